The number of fused-ring (bicyclic) bond motifs is 1. The zero-order chi connectivity index (χ0) is 20.1. The molecule has 1 aliphatic heterocycles. The van der Waals surface area contributed by atoms with E-state index in [1.807, 2.05) is 38.1 Å². The second-order valence-electron chi connectivity index (χ2n) is 7.12. The van der Waals surface area contributed by atoms with Crippen LogP contribution in [0.2, 0.25) is 0 Å². The minimum absolute atomic E-state index is 0.0617. The lowest BCUT2D eigenvalue weighted by Gasteiger charge is -2.28. The molecule has 7 heteroatoms. The molecule has 0 unspecified atom stereocenters. The number of benzene rings is 2. The van der Waals surface area contributed by atoms with Crippen LogP contribution in [0.15, 0.2) is 48.5 Å². The van der Waals surface area contributed by atoms with Crippen molar-refractivity contribution < 1.29 is 17.9 Å². The largest absolute Gasteiger partial charge is 0.491 e. The second-order valence-corrected chi connectivity index (χ2v) is 9.20. The summed E-state index contributed by atoms with van der Waals surface area (Å²) in [5.41, 5.74) is 2.72. The SMILES string of the molecule is CC(C)Oc1ccc(C(=O)NCCS(=O)(=O)N2CCc3ccccc3C2)cc1. The van der Waals surface area contributed by atoms with Gasteiger partial charge in [-0.15, -0.1) is 0 Å². The summed E-state index contributed by atoms with van der Waals surface area (Å²) in [6, 6.07) is 14.7. The highest BCUT2D eigenvalue weighted by atomic mass is 32.2. The van der Waals surface area contributed by atoms with Crippen LogP contribution < -0.4 is 10.1 Å². The van der Waals surface area contributed by atoms with E-state index in [1.165, 1.54) is 9.87 Å². The van der Waals surface area contributed by atoms with E-state index < -0.39 is 10.0 Å². The summed E-state index contributed by atoms with van der Waals surface area (Å²) < 4.78 is 32.3. The molecule has 1 N–H and O–H groups in total. The molecule has 1 aliphatic rings. The number of nitrogens with one attached hydrogen (secondary N) is 1. The van der Waals surface area contributed by atoms with Crippen molar-refractivity contribution in [2.45, 2.75) is 32.9 Å². The molecule has 1 amide bonds. The first-order valence-electron chi connectivity index (χ1n) is 9.45. The monoisotopic (exact) mass is 402 g/mol. The number of hydrogen-bond acceptors (Lipinski definition) is 4. The number of ether oxygens (including phenoxy) is 1. The average molecular weight is 403 g/mol. The molecule has 0 radical (unpaired) electrons. The van der Waals surface area contributed by atoms with Gasteiger partial charge in [-0.2, -0.15) is 4.31 Å². The molecule has 0 atom stereocenters. The molecule has 0 bridgehead atoms. The summed E-state index contributed by atoms with van der Waals surface area (Å²) in [4.78, 5) is 12.2. The minimum Gasteiger partial charge on any atom is -0.491 e. The molecule has 0 spiro atoms. The standard InChI is InChI=1S/C21H26N2O4S/c1-16(2)27-20-9-7-18(8-10-20)21(24)22-12-14-28(25,26)23-13-11-17-5-3-4-6-19(17)15-23/h3-10,16H,11-15H2,1-2H3,(H,22,24). The van der Waals surface area contributed by atoms with Crippen LogP contribution >= 0.6 is 0 Å². The highest BCUT2D eigenvalue weighted by Gasteiger charge is 2.26. The lowest BCUT2D eigenvalue weighted by molar-refractivity contribution is 0.0956. The van der Waals surface area contributed by atoms with Crippen LogP contribution in [0.5, 0.6) is 5.75 Å². The van der Waals surface area contributed by atoms with Gasteiger partial charge in [-0.25, -0.2) is 8.42 Å². The van der Waals surface area contributed by atoms with Crippen LogP contribution in [-0.2, 0) is 23.0 Å². The van der Waals surface area contributed by atoms with E-state index in [9.17, 15) is 13.2 Å². The maximum Gasteiger partial charge on any atom is 0.251 e. The molecule has 2 aromatic carbocycles. The van der Waals surface area contributed by atoms with Gasteiger partial charge in [0.25, 0.3) is 5.91 Å². The van der Waals surface area contributed by atoms with E-state index in [4.69, 9.17) is 4.74 Å². The van der Waals surface area contributed by atoms with E-state index in [2.05, 4.69) is 5.32 Å². The number of rotatable bonds is 7. The van der Waals surface area contributed by atoms with E-state index in [1.54, 1.807) is 24.3 Å². The Hall–Kier alpha value is -2.38. The summed E-state index contributed by atoms with van der Waals surface area (Å²) in [6.45, 7) is 4.81. The first-order valence-corrected chi connectivity index (χ1v) is 11.1. The maximum atomic E-state index is 12.6. The zero-order valence-corrected chi connectivity index (χ0v) is 17.0. The normalized spacial score (nSPS) is 14.5. The maximum absolute atomic E-state index is 12.6. The molecular weight excluding hydrogens is 376 g/mol. The third kappa shape index (κ3) is 5.11. The Kier molecular flexibility index (Phi) is 6.36. The molecule has 6 nitrogen and oxygen atoms in total. The highest BCUT2D eigenvalue weighted by Crippen LogP contribution is 2.21. The lowest BCUT2D eigenvalue weighted by atomic mass is 10.0. The first-order chi connectivity index (χ1) is 13.3. The van der Waals surface area contributed by atoms with E-state index >= 15 is 0 Å². The van der Waals surface area contributed by atoms with Crippen molar-refractivity contribution in [3.8, 4) is 5.75 Å². The number of carbonyl (C=O) groups excluding carboxylic acids is 1. The van der Waals surface area contributed by atoms with Crippen LogP contribution in [0.1, 0.15) is 35.3 Å². The van der Waals surface area contributed by atoms with Crippen molar-refractivity contribution in [3.63, 3.8) is 0 Å². The van der Waals surface area contributed by atoms with Crippen molar-refractivity contribution in [1.29, 1.82) is 0 Å². The Morgan fingerprint density at radius 2 is 1.79 bits per heavy atom. The Bertz CT molecular complexity index is 924. The number of hydrogen-bond donors (Lipinski definition) is 1. The summed E-state index contributed by atoms with van der Waals surface area (Å²) in [5, 5.41) is 2.69. The van der Waals surface area contributed by atoms with E-state index in [-0.39, 0.29) is 24.3 Å². The van der Waals surface area contributed by atoms with Crippen molar-refractivity contribution >= 4 is 15.9 Å². The van der Waals surface area contributed by atoms with Gasteiger partial charge in [-0.3, -0.25) is 4.79 Å². The zero-order valence-electron chi connectivity index (χ0n) is 16.2. The predicted molar refractivity (Wildman–Crippen MR) is 109 cm³/mol. The summed E-state index contributed by atoms with van der Waals surface area (Å²) in [5.74, 6) is 0.282. The van der Waals surface area contributed by atoms with Crippen molar-refractivity contribution in [3.05, 3.63) is 65.2 Å². The third-order valence-electron chi connectivity index (χ3n) is 4.62. The average Bonchev–Trinajstić information content (AvgIpc) is 2.67. The van der Waals surface area contributed by atoms with Gasteiger partial charge in [0.1, 0.15) is 5.75 Å². The van der Waals surface area contributed by atoms with Crippen LogP contribution in [0, 0.1) is 0 Å². The van der Waals surface area contributed by atoms with Gasteiger partial charge in [-0.1, -0.05) is 24.3 Å². The minimum atomic E-state index is -3.43. The molecule has 3 rings (SSSR count). The molecule has 0 fully saturated rings. The topological polar surface area (TPSA) is 75.7 Å². The van der Waals surface area contributed by atoms with E-state index in [0.29, 0.717) is 30.8 Å². The van der Waals surface area contributed by atoms with Crippen LogP contribution in [0.4, 0.5) is 0 Å². The molecule has 28 heavy (non-hydrogen) atoms. The number of sulfonamides is 1. The first kappa shape index (κ1) is 20.4. The van der Waals surface area contributed by atoms with Gasteiger partial charge in [0, 0.05) is 25.2 Å². The highest BCUT2D eigenvalue weighted by molar-refractivity contribution is 7.89. The van der Waals surface area contributed by atoms with Crippen LogP contribution in [-0.4, -0.2) is 43.6 Å². The Morgan fingerprint density at radius 1 is 1.11 bits per heavy atom. The van der Waals surface area contributed by atoms with Gasteiger partial charge >= 0.3 is 0 Å². The molecule has 0 saturated heterocycles. The summed E-state index contributed by atoms with van der Waals surface area (Å²) in [7, 11) is -3.43. The lowest BCUT2D eigenvalue weighted by Crippen LogP contribution is -2.40. The molecule has 150 valence electrons. The third-order valence-corrected chi connectivity index (χ3v) is 6.44. The van der Waals surface area contributed by atoms with Gasteiger partial charge < -0.3 is 10.1 Å². The van der Waals surface area contributed by atoms with Crippen molar-refractivity contribution in [2.24, 2.45) is 0 Å². The fourth-order valence-electron chi connectivity index (χ4n) is 3.19. The summed E-state index contributed by atoms with van der Waals surface area (Å²) in [6.07, 6.45) is 0.777. The smallest absolute Gasteiger partial charge is 0.251 e. The molecule has 0 aliphatic carbocycles. The summed E-state index contributed by atoms with van der Waals surface area (Å²) >= 11 is 0. The van der Waals surface area contributed by atoms with Crippen molar-refractivity contribution in [1.82, 2.24) is 9.62 Å². The quantitative estimate of drug-likeness (QED) is 0.772. The van der Waals surface area contributed by atoms with Gasteiger partial charge in [0.15, 0.2) is 0 Å². The number of carbonyl (C=O) groups is 1. The van der Waals surface area contributed by atoms with Gasteiger partial charge in [-0.05, 0) is 55.7 Å². The molecular formula is C21H26N2O4S. The Balaban J connectivity index is 1.52. The Labute approximate surface area is 166 Å². The second kappa shape index (κ2) is 8.75. The fourth-order valence-corrected chi connectivity index (χ4v) is 4.51. The molecule has 1 heterocycles. The van der Waals surface area contributed by atoms with E-state index in [0.717, 1.165) is 5.56 Å². The van der Waals surface area contributed by atoms with Gasteiger partial charge in [0.2, 0.25) is 10.0 Å². The van der Waals surface area contributed by atoms with Gasteiger partial charge in [0.05, 0.1) is 11.9 Å². The molecule has 2 aromatic rings. The number of nitrogens with zero attached hydrogens (tertiary/aromatic N) is 1. The molecule has 0 saturated carbocycles. The van der Waals surface area contributed by atoms with Crippen molar-refractivity contribution in [2.75, 3.05) is 18.8 Å². The van der Waals surface area contributed by atoms with Crippen LogP contribution in [0.3, 0.4) is 0 Å². The fraction of sp³-hybridized carbons (Fsp3) is 0.381. The Morgan fingerprint density at radius 3 is 2.46 bits per heavy atom. The predicted octanol–water partition coefficient (Wildman–Crippen LogP) is 2.59. The van der Waals surface area contributed by atoms with Crippen LogP contribution in [0.25, 0.3) is 0 Å². The molecule has 0 aromatic heterocycles. The number of amides is 1.